The van der Waals surface area contributed by atoms with E-state index in [4.69, 9.17) is 27.7 Å². The molecule has 0 fully saturated rings. The van der Waals surface area contributed by atoms with Crippen molar-refractivity contribution in [3.63, 3.8) is 0 Å². The Bertz CT molecular complexity index is 694. The van der Waals surface area contributed by atoms with Gasteiger partial charge in [0.05, 0.1) is 11.6 Å². The summed E-state index contributed by atoms with van der Waals surface area (Å²) < 4.78 is 6.65. The van der Waals surface area contributed by atoms with E-state index in [9.17, 15) is 0 Å². The first kappa shape index (κ1) is 12.4. The maximum absolute atomic E-state index is 5.92. The maximum atomic E-state index is 5.92. The molecule has 0 radical (unpaired) electrons. The van der Waals surface area contributed by atoms with Crippen molar-refractivity contribution < 1.29 is 4.52 Å². The van der Waals surface area contributed by atoms with Crippen molar-refractivity contribution in [1.82, 2.24) is 24.7 Å². The molecule has 3 aromatic heterocycles. The van der Waals surface area contributed by atoms with Crippen molar-refractivity contribution in [2.24, 2.45) is 0 Å². The summed E-state index contributed by atoms with van der Waals surface area (Å²) in [6.45, 7) is 0.438. The molecule has 6 nitrogen and oxygen atoms in total. The van der Waals surface area contributed by atoms with E-state index in [0.717, 1.165) is 17.0 Å². The Balaban J connectivity index is 2.10. The van der Waals surface area contributed by atoms with Crippen molar-refractivity contribution in [3.05, 3.63) is 35.3 Å². The first-order valence-electron chi connectivity index (χ1n) is 5.60. The van der Waals surface area contributed by atoms with Gasteiger partial charge in [0.1, 0.15) is 11.3 Å². The highest BCUT2D eigenvalue weighted by Gasteiger charge is 2.14. The molecule has 0 saturated carbocycles. The second-order valence-electron chi connectivity index (χ2n) is 3.90. The van der Waals surface area contributed by atoms with Crippen LogP contribution in [0.15, 0.2) is 23.2 Å². The Morgan fingerprint density at radius 2 is 2.21 bits per heavy atom. The molecule has 0 amide bonds. The third kappa shape index (κ3) is 2.41. The smallest absolute Gasteiger partial charge is 0.213 e. The Hall–Kier alpha value is -1.66. The van der Waals surface area contributed by atoms with E-state index in [1.54, 1.807) is 12.3 Å². The zero-order valence-electron chi connectivity index (χ0n) is 9.75. The highest BCUT2D eigenvalue weighted by molar-refractivity contribution is 6.31. The van der Waals surface area contributed by atoms with E-state index in [2.05, 4.69) is 20.1 Å². The zero-order valence-corrected chi connectivity index (χ0v) is 11.3. The minimum absolute atomic E-state index is 0.438. The van der Waals surface area contributed by atoms with Crippen LogP contribution in [0.2, 0.25) is 5.02 Å². The molecule has 0 saturated heterocycles. The van der Waals surface area contributed by atoms with Crippen molar-refractivity contribution in [1.29, 1.82) is 0 Å². The highest BCUT2D eigenvalue weighted by Crippen LogP contribution is 2.19. The van der Waals surface area contributed by atoms with Crippen molar-refractivity contribution in [3.8, 4) is 0 Å². The second-order valence-corrected chi connectivity index (χ2v) is 4.71. The van der Waals surface area contributed by atoms with E-state index in [1.165, 1.54) is 6.39 Å². The molecule has 98 valence electrons. The fraction of sp³-hybridized carbons (Fsp3) is 0.273. The predicted molar refractivity (Wildman–Crippen MR) is 70.4 cm³/mol. The van der Waals surface area contributed by atoms with E-state index >= 15 is 0 Å². The third-order valence-electron chi connectivity index (χ3n) is 2.66. The maximum Gasteiger partial charge on any atom is 0.213 e. The first-order chi connectivity index (χ1) is 9.28. The minimum Gasteiger partial charge on any atom is -0.343 e. The minimum atomic E-state index is 0.438. The molecular formula is C11H9Cl2N5O. The molecule has 0 spiro atoms. The molecule has 3 rings (SSSR count). The van der Waals surface area contributed by atoms with Crippen LogP contribution in [0.4, 0.5) is 0 Å². The van der Waals surface area contributed by atoms with Crippen LogP contribution in [0, 0.1) is 0 Å². The molecule has 0 aliphatic rings. The van der Waals surface area contributed by atoms with Gasteiger partial charge in [0.25, 0.3) is 0 Å². The van der Waals surface area contributed by atoms with Gasteiger partial charge in [0, 0.05) is 18.5 Å². The van der Waals surface area contributed by atoms with Crippen LogP contribution in [0.1, 0.15) is 11.6 Å². The Kier molecular flexibility index (Phi) is 3.35. The summed E-state index contributed by atoms with van der Waals surface area (Å²) >= 11 is 11.7. The largest absolute Gasteiger partial charge is 0.343 e. The number of fused-ring (bicyclic) bond motifs is 1. The standard InChI is InChI=1S/C11H9Cl2N5O/c12-2-1-10-16-8-3-7(13)4-14-11(8)18(10)5-9-15-6-19-17-9/h3-4,6H,1-2,5H2. The second kappa shape index (κ2) is 5.14. The van der Waals surface area contributed by atoms with Crippen molar-refractivity contribution in [2.75, 3.05) is 5.88 Å². The molecule has 0 N–H and O–H groups in total. The molecule has 0 atom stereocenters. The van der Waals surface area contributed by atoms with Gasteiger partial charge in [-0.1, -0.05) is 16.8 Å². The van der Waals surface area contributed by atoms with Crippen LogP contribution in [0.25, 0.3) is 11.2 Å². The highest BCUT2D eigenvalue weighted by atomic mass is 35.5. The van der Waals surface area contributed by atoms with Gasteiger partial charge in [-0.15, -0.1) is 11.6 Å². The number of aromatic nitrogens is 5. The quantitative estimate of drug-likeness (QED) is 0.691. The van der Waals surface area contributed by atoms with Crippen LogP contribution in [-0.4, -0.2) is 30.6 Å². The normalized spacial score (nSPS) is 11.3. The predicted octanol–water partition coefficient (Wildman–Crippen LogP) is 2.30. The van der Waals surface area contributed by atoms with Gasteiger partial charge in [-0.3, -0.25) is 0 Å². The van der Waals surface area contributed by atoms with E-state index < -0.39 is 0 Å². The van der Waals surface area contributed by atoms with Gasteiger partial charge < -0.3 is 9.09 Å². The third-order valence-corrected chi connectivity index (χ3v) is 3.05. The molecule has 3 heterocycles. The molecule has 8 heteroatoms. The molecule has 0 unspecified atom stereocenters. The van der Waals surface area contributed by atoms with Crippen LogP contribution >= 0.6 is 23.2 Å². The van der Waals surface area contributed by atoms with Crippen LogP contribution in [0.3, 0.4) is 0 Å². The number of hydrogen-bond acceptors (Lipinski definition) is 5. The fourth-order valence-corrected chi connectivity index (χ4v) is 2.20. The van der Waals surface area contributed by atoms with Gasteiger partial charge in [-0.2, -0.15) is 4.98 Å². The summed E-state index contributed by atoms with van der Waals surface area (Å²) in [6, 6.07) is 1.77. The van der Waals surface area contributed by atoms with Gasteiger partial charge in [0.15, 0.2) is 11.5 Å². The lowest BCUT2D eigenvalue weighted by Gasteiger charge is -2.04. The lowest BCUT2D eigenvalue weighted by atomic mass is 10.4. The number of rotatable bonds is 4. The Labute approximate surface area is 118 Å². The summed E-state index contributed by atoms with van der Waals surface area (Å²) in [7, 11) is 0. The Morgan fingerprint density at radius 3 is 2.95 bits per heavy atom. The summed E-state index contributed by atoms with van der Waals surface area (Å²) in [4.78, 5) is 12.8. The number of nitrogens with zero attached hydrogens (tertiary/aromatic N) is 5. The SMILES string of the molecule is ClCCc1nc2cc(Cl)cnc2n1Cc1ncon1. The molecule has 3 aromatic rings. The summed E-state index contributed by atoms with van der Waals surface area (Å²) in [5, 5.41) is 4.35. The number of hydrogen-bond donors (Lipinski definition) is 0. The van der Waals surface area contributed by atoms with E-state index in [-0.39, 0.29) is 0 Å². The molecule has 0 aliphatic heterocycles. The van der Waals surface area contributed by atoms with Crippen LogP contribution in [0.5, 0.6) is 0 Å². The van der Waals surface area contributed by atoms with Gasteiger partial charge >= 0.3 is 0 Å². The zero-order chi connectivity index (χ0) is 13.2. The number of pyridine rings is 1. The topological polar surface area (TPSA) is 69.6 Å². The summed E-state index contributed by atoms with van der Waals surface area (Å²) in [5.74, 6) is 1.86. The lowest BCUT2D eigenvalue weighted by Crippen LogP contribution is -2.07. The average Bonchev–Trinajstić information content (AvgIpc) is 2.99. The molecule has 19 heavy (non-hydrogen) atoms. The van der Waals surface area contributed by atoms with Crippen LogP contribution in [-0.2, 0) is 13.0 Å². The molecule has 0 aromatic carbocycles. The number of aryl methyl sites for hydroxylation is 1. The monoisotopic (exact) mass is 297 g/mol. The molecular weight excluding hydrogens is 289 g/mol. The summed E-state index contributed by atoms with van der Waals surface area (Å²) in [5.41, 5.74) is 1.46. The van der Waals surface area contributed by atoms with Gasteiger partial charge in [-0.05, 0) is 6.07 Å². The molecule has 0 aliphatic carbocycles. The van der Waals surface area contributed by atoms with E-state index in [1.807, 2.05) is 4.57 Å². The van der Waals surface area contributed by atoms with E-state index in [0.29, 0.717) is 29.7 Å². The lowest BCUT2D eigenvalue weighted by molar-refractivity contribution is 0.408. The van der Waals surface area contributed by atoms with Gasteiger partial charge in [-0.25, -0.2) is 9.97 Å². The molecule has 0 bridgehead atoms. The van der Waals surface area contributed by atoms with Crippen LogP contribution < -0.4 is 0 Å². The number of imidazole rings is 1. The average molecular weight is 298 g/mol. The number of alkyl halides is 1. The van der Waals surface area contributed by atoms with Gasteiger partial charge in [0.2, 0.25) is 6.39 Å². The fourth-order valence-electron chi connectivity index (χ4n) is 1.88. The number of halogens is 2. The van der Waals surface area contributed by atoms with Crippen molar-refractivity contribution >= 4 is 34.4 Å². The Morgan fingerprint density at radius 1 is 1.32 bits per heavy atom. The summed E-state index contributed by atoms with van der Waals surface area (Å²) in [6.07, 6.45) is 3.51. The van der Waals surface area contributed by atoms with Crippen molar-refractivity contribution in [2.45, 2.75) is 13.0 Å². The first-order valence-corrected chi connectivity index (χ1v) is 6.51.